The molecule has 2 N–H and O–H groups in total. The van der Waals surface area contributed by atoms with Crippen LogP contribution >= 0.6 is 11.6 Å². The Balaban J connectivity index is 2.26. The fourth-order valence-corrected chi connectivity index (χ4v) is 2.30. The fraction of sp³-hybridized carbons (Fsp3) is 0.385. The summed E-state index contributed by atoms with van der Waals surface area (Å²) in [6, 6.07) is 2.61. The third kappa shape index (κ3) is 3.69. The van der Waals surface area contributed by atoms with Crippen molar-refractivity contribution in [2.45, 2.75) is 12.3 Å². The summed E-state index contributed by atoms with van der Waals surface area (Å²) in [7, 11) is 0. The molecule has 2 rings (SSSR count). The Bertz CT molecular complexity index is 607. The van der Waals surface area contributed by atoms with Crippen molar-refractivity contribution in [3.8, 4) is 0 Å². The summed E-state index contributed by atoms with van der Waals surface area (Å²) in [4.78, 5) is 24.6. The van der Waals surface area contributed by atoms with E-state index in [9.17, 15) is 22.8 Å². The smallest absolute Gasteiger partial charge is 0.367 e. The summed E-state index contributed by atoms with van der Waals surface area (Å²) in [5.74, 6) is -1.40. The van der Waals surface area contributed by atoms with E-state index < -0.39 is 29.7 Å². The number of carbonyl (C=O) groups excluding carboxylic acids is 2. The van der Waals surface area contributed by atoms with Crippen LogP contribution in [0, 0.1) is 0 Å². The van der Waals surface area contributed by atoms with Crippen LogP contribution in [0.25, 0.3) is 0 Å². The van der Waals surface area contributed by atoms with Gasteiger partial charge in [-0.15, -0.1) is 0 Å². The number of halogens is 4. The Morgan fingerprint density at radius 2 is 2.00 bits per heavy atom. The zero-order chi connectivity index (χ0) is 16.5. The Kier molecular flexibility index (Phi) is 4.62. The summed E-state index contributed by atoms with van der Waals surface area (Å²) in [5, 5.41) is -0.196. The molecule has 1 aromatic rings. The lowest BCUT2D eigenvalue weighted by atomic mass is 10.1. The molecule has 0 radical (unpaired) electrons. The summed E-state index contributed by atoms with van der Waals surface area (Å²) < 4.78 is 43.4. The predicted molar refractivity (Wildman–Crippen MR) is 71.3 cm³/mol. The maximum absolute atomic E-state index is 12.8. The van der Waals surface area contributed by atoms with Gasteiger partial charge >= 0.3 is 6.18 Å². The Morgan fingerprint density at radius 1 is 1.32 bits per heavy atom. The highest BCUT2D eigenvalue weighted by Crippen LogP contribution is 2.32. The zero-order valence-electron chi connectivity index (χ0n) is 11.2. The molecule has 1 atom stereocenters. The summed E-state index contributed by atoms with van der Waals surface area (Å²) >= 11 is 5.65. The van der Waals surface area contributed by atoms with Crippen LogP contribution in [0.15, 0.2) is 18.2 Å². The second-order valence-corrected chi connectivity index (χ2v) is 5.18. The molecule has 1 aromatic carbocycles. The molecule has 9 heteroatoms. The summed E-state index contributed by atoms with van der Waals surface area (Å²) in [6.45, 7) is 0.116. The Morgan fingerprint density at radius 3 is 2.59 bits per heavy atom. The monoisotopic (exact) mass is 336 g/mol. The third-order valence-electron chi connectivity index (χ3n) is 3.14. The molecule has 0 spiro atoms. The van der Waals surface area contributed by atoms with Gasteiger partial charge in [0.15, 0.2) is 6.10 Å². The van der Waals surface area contributed by atoms with E-state index in [0.29, 0.717) is 0 Å². The molecule has 1 saturated heterocycles. The average Bonchev–Trinajstić information content (AvgIpc) is 2.45. The average molecular weight is 337 g/mol. The minimum absolute atomic E-state index is 0.0754. The molecular weight excluding hydrogens is 325 g/mol. The lowest BCUT2D eigenvalue weighted by molar-refractivity contribution is -0.137. The minimum atomic E-state index is -4.61. The van der Waals surface area contributed by atoms with Crippen LogP contribution in [0.2, 0.25) is 5.02 Å². The molecule has 1 heterocycles. The minimum Gasteiger partial charge on any atom is -0.367 e. The summed E-state index contributed by atoms with van der Waals surface area (Å²) in [6.07, 6.45) is -5.58. The van der Waals surface area contributed by atoms with Crippen molar-refractivity contribution in [1.29, 1.82) is 0 Å². The number of alkyl halides is 3. The molecule has 1 aliphatic heterocycles. The first kappa shape index (κ1) is 16.6. The number of amides is 2. The third-order valence-corrected chi connectivity index (χ3v) is 3.36. The quantitative estimate of drug-likeness (QED) is 0.893. The number of hydrogen-bond acceptors (Lipinski definition) is 3. The molecule has 120 valence electrons. The molecular formula is C13H12ClF3N2O3. The summed E-state index contributed by atoms with van der Waals surface area (Å²) in [5.41, 5.74) is 3.89. The molecule has 0 unspecified atom stereocenters. The molecule has 5 nitrogen and oxygen atoms in total. The number of nitrogens with two attached hydrogens (primary N) is 1. The van der Waals surface area contributed by atoms with Crippen molar-refractivity contribution in [3.63, 3.8) is 0 Å². The first-order chi connectivity index (χ1) is 10.2. The van der Waals surface area contributed by atoms with E-state index in [2.05, 4.69) is 0 Å². The Hall–Kier alpha value is -1.80. The van der Waals surface area contributed by atoms with Crippen molar-refractivity contribution < 1.29 is 27.5 Å². The SMILES string of the molecule is NC(=O)[C@@H]1CN(C(=O)c2cc(Cl)cc(C(F)(F)F)c2)CCO1. The normalized spacial score (nSPS) is 19.1. The zero-order valence-corrected chi connectivity index (χ0v) is 11.9. The number of ether oxygens (including phenoxy) is 1. The maximum Gasteiger partial charge on any atom is 0.416 e. The number of nitrogens with zero attached hydrogens (tertiary/aromatic N) is 1. The van der Waals surface area contributed by atoms with Gasteiger partial charge in [0, 0.05) is 17.1 Å². The Labute approximate surface area is 128 Å². The first-order valence-corrected chi connectivity index (χ1v) is 6.64. The van der Waals surface area contributed by atoms with Gasteiger partial charge in [0.1, 0.15) is 0 Å². The van der Waals surface area contributed by atoms with Crippen LogP contribution < -0.4 is 5.73 Å². The van der Waals surface area contributed by atoms with Crippen LogP contribution in [0.4, 0.5) is 13.2 Å². The van der Waals surface area contributed by atoms with E-state index in [1.54, 1.807) is 0 Å². The molecule has 1 fully saturated rings. The van der Waals surface area contributed by atoms with Crippen LogP contribution in [-0.4, -0.2) is 42.5 Å². The van der Waals surface area contributed by atoms with Crippen LogP contribution in [-0.2, 0) is 15.7 Å². The van der Waals surface area contributed by atoms with Crippen molar-refractivity contribution in [1.82, 2.24) is 4.90 Å². The van der Waals surface area contributed by atoms with Gasteiger partial charge in [-0.25, -0.2) is 0 Å². The lowest BCUT2D eigenvalue weighted by Gasteiger charge is -2.31. The van der Waals surface area contributed by atoms with Crippen molar-refractivity contribution in [2.24, 2.45) is 5.73 Å². The second kappa shape index (κ2) is 6.13. The second-order valence-electron chi connectivity index (χ2n) is 4.74. The molecule has 0 saturated carbocycles. The van der Waals surface area contributed by atoms with Crippen molar-refractivity contribution in [3.05, 3.63) is 34.3 Å². The first-order valence-electron chi connectivity index (χ1n) is 6.26. The highest BCUT2D eigenvalue weighted by molar-refractivity contribution is 6.31. The van der Waals surface area contributed by atoms with Crippen LogP contribution in [0.5, 0.6) is 0 Å². The highest BCUT2D eigenvalue weighted by atomic mass is 35.5. The molecule has 22 heavy (non-hydrogen) atoms. The number of morpholine rings is 1. The number of carbonyl (C=O) groups is 2. The lowest BCUT2D eigenvalue weighted by Crippen LogP contribution is -2.50. The fourth-order valence-electron chi connectivity index (χ4n) is 2.07. The van der Waals surface area contributed by atoms with Gasteiger partial charge in [0.2, 0.25) is 5.91 Å². The van der Waals surface area contributed by atoms with E-state index in [1.807, 2.05) is 0 Å². The molecule has 2 amide bonds. The number of benzene rings is 1. The van der Waals surface area contributed by atoms with E-state index >= 15 is 0 Å². The van der Waals surface area contributed by atoms with Gasteiger partial charge in [-0.3, -0.25) is 9.59 Å². The van der Waals surface area contributed by atoms with Crippen LogP contribution in [0.3, 0.4) is 0 Å². The van der Waals surface area contributed by atoms with E-state index in [0.717, 1.165) is 18.2 Å². The standard InChI is InChI=1S/C13H12ClF3N2O3/c14-9-4-7(3-8(5-9)13(15,16)17)12(21)19-1-2-22-10(6-19)11(18)20/h3-5,10H,1-2,6H2,(H2,18,20)/t10-/m0/s1. The largest absolute Gasteiger partial charge is 0.416 e. The topological polar surface area (TPSA) is 72.6 Å². The van der Waals surface area contributed by atoms with Gasteiger partial charge in [-0.2, -0.15) is 13.2 Å². The van der Waals surface area contributed by atoms with Gasteiger partial charge in [-0.1, -0.05) is 11.6 Å². The highest BCUT2D eigenvalue weighted by Gasteiger charge is 2.33. The van der Waals surface area contributed by atoms with E-state index in [1.165, 1.54) is 4.90 Å². The van der Waals surface area contributed by atoms with Gasteiger partial charge < -0.3 is 15.4 Å². The van der Waals surface area contributed by atoms with E-state index in [4.69, 9.17) is 22.1 Å². The van der Waals surface area contributed by atoms with Gasteiger partial charge in [0.05, 0.1) is 18.7 Å². The van der Waals surface area contributed by atoms with Gasteiger partial charge in [-0.05, 0) is 18.2 Å². The van der Waals surface area contributed by atoms with E-state index in [-0.39, 0.29) is 30.3 Å². The van der Waals surface area contributed by atoms with Crippen LogP contribution in [0.1, 0.15) is 15.9 Å². The van der Waals surface area contributed by atoms with Crippen molar-refractivity contribution in [2.75, 3.05) is 19.7 Å². The number of hydrogen-bond donors (Lipinski definition) is 1. The predicted octanol–water partition coefficient (Wildman–Crippen LogP) is 1.69. The molecule has 0 aliphatic carbocycles. The molecule has 0 aromatic heterocycles. The van der Waals surface area contributed by atoms with Gasteiger partial charge in [0.25, 0.3) is 5.91 Å². The van der Waals surface area contributed by atoms with Crippen molar-refractivity contribution >= 4 is 23.4 Å². The number of primary amides is 1. The molecule has 0 bridgehead atoms. The molecule has 1 aliphatic rings. The number of rotatable bonds is 2. The maximum atomic E-state index is 12.8.